The molecule has 0 saturated heterocycles. The normalized spacial score (nSPS) is 10.3. The Morgan fingerprint density at radius 1 is 1.47 bits per heavy atom. The van der Waals surface area contributed by atoms with Crippen LogP contribution in [0.25, 0.3) is 0 Å². The molecule has 4 nitrogen and oxygen atoms in total. The Hall–Kier alpha value is -1.26. The molecule has 0 radical (unpaired) electrons. The summed E-state index contributed by atoms with van der Waals surface area (Å²) in [6.07, 6.45) is 0.825. The van der Waals surface area contributed by atoms with Gasteiger partial charge in [-0.15, -0.1) is 0 Å². The third kappa shape index (κ3) is 3.61. The molecular weight excluding hydrogens is 240 g/mol. The van der Waals surface area contributed by atoms with Crippen molar-refractivity contribution in [2.24, 2.45) is 0 Å². The average molecular weight is 257 g/mol. The lowest BCUT2D eigenvalue weighted by molar-refractivity contribution is 0.0722. The quantitative estimate of drug-likeness (QED) is 0.789. The summed E-state index contributed by atoms with van der Waals surface area (Å²) in [6, 6.07) is 4.81. The molecule has 0 heterocycles. The van der Waals surface area contributed by atoms with E-state index in [4.69, 9.17) is 22.4 Å². The monoisotopic (exact) mass is 256 g/mol. The zero-order chi connectivity index (χ0) is 12.8. The van der Waals surface area contributed by atoms with Gasteiger partial charge in [-0.1, -0.05) is 18.5 Å². The highest BCUT2D eigenvalue weighted by Crippen LogP contribution is 2.20. The Bertz CT molecular complexity index is 390. The minimum Gasteiger partial charge on any atom is -0.399 e. The number of rotatable bonds is 5. The lowest BCUT2D eigenvalue weighted by Crippen LogP contribution is -2.34. The zero-order valence-electron chi connectivity index (χ0n) is 9.82. The van der Waals surface area contributed by atoms with E-state index in [1.165, 1.54) is 0 Å². The highest BCUT2D eigenvalue weighted by molar-refractivity contribution is 6.34. The first-order valence-electron chi connectivity index (χ1n) is 5.55. The molecule has 0 aliphatic rings. The number of nitrogen functional groups attached to an aromatic ring is 1. The van der Waals surface area contributed by atoms with Crippen molar-refractivity contribution in [2.45, 2.75) is 13.3 Å². The van der Waals surface area contributed by atoms with E-state index < -0.39 is 0 Å². The highest BCUT2D eigenvalue weighted by atomic mass is 35.5. The van der Waals surface area contributed by atoms with Crippen molar-refractivity contribution in [3.8, 4) is 0 Å². The van der Waals surface area contributed by atoms with Gasteiger partial charge in [0.15, 0.2) is 0 Å². The van der Waals surface area contributed by atoms with E-state index >= 15 is 0 Å². The van der Waals surface area contributed by atoms with E-state index in [0.717, 1.165) is 6.42 Å². The van der Waals surface area contributed by atoms with Gasteiger partial charge in [0.05, 0.1) is 17.2 Å². The zero-order valence-corrected chi connectivity index (χ0v) is 10.6. The molecule has 3 N–H and O–H groups in total. The Balaban J connectivity index is 2.95. The molecule has 0 spiro atoms. The lowest BCUT2D eigenvalue weighted by atomic mass is 10.1. The van der Waals surface area contributed by atoms with Crippen molar-refractivity contribution in [3.05, 3.63) is 28.8 Å². The van der Waals surface area contributed by atoms with Crippen LogP contribution in [0.3, 0.4) is 0 Å². The maximum absolute atomic E-state index is 12.2. The summed E-state index contributed by atoms with van der Waals surface area (Å²) in [5.41, 5.74) is 6.52. The van der Waals surface area contributed by atoms with Crippen molar-refractivity contribution >= 4 is 23.2 Å². The number of benzene rings is 1. The van der Waals surface area contributed by atoms with Crippen LogP contribution in [0.5, 0.6) is 0 Å². The van der Waals surface area contributed by atoms with E-state index in [1.54, 1.807) is 23.1 Å². The molecule has 0 atom stereocenters. The molecule has 1 aromatic rings. The number of anilines is 1. The molecule has 1 aromatic carbocycles. The summed E-state index contributed by atoms with van der Waals surface area (Å²) < 4.78 is 0. The van der Waals surface area contributed by atoms with E-state index in [1.807, 2.05) is 6.92 Å². The first kappa shape index (κ1) is 13.8. The standard InChI is InChI=1S/C12H17ClN2O2/c1-2-5-15(6-7-16)12(17)10-8-9(14)3-4-11(10)13/h3-4,8,16H,2,5-7,14H2,1H3. The summed E-state index contributed by atoms with van der Waals surface area (Å²) in [4.78, 5) is 13.7. The minimum atomic E-state index is -0.196. The molecule has 0 saturated carbocycles. The summed E-state index contributed by atoms with van der Waals surface area (Å²) in [5, 5.41) is 9.31. The molecule has 94 valence electrons. The molecular formula is C12H17ClN2O2. The summed E-state index contributed by atoms with van der Waals surface area (Å²) in [7, 11) is 0. The first-order valence-corrected chi connectivity index (χ1v) is 5.93. The number of nitrogens with two attached hydrogens (primary N) is 1. The van der Waals surface area contributed by atoms with Crippen LogP contribution in [-0.4, -0.2) is 35.6 Å². The second kappa shape index (κ2) is 6.47. The molecule has 0 aliphatic heterocycles. The summed E-state index contributed by atoms with van der Waals surface area (Å²) in [5.74, 6) is -0.196. The number of nitrogens with zero attached hydrogens (tertiary/aromatic N) is 1. The Labute approximate surface area is 106 Å². The van der Waals surface area contributed by atoms with Gasteiger partial charge < -0.3 is 15.7 Å². The molecule has 17 heavy (non-hydrogen) atoms. The lowest BCUT2D eigenvalue weighted by Gasteiger charge is -2.21. The van der Waals surface area contributed by atoms with Crippen molar-refractivity contribution in [1.29, 1.82) is 0 Å². The van der Waals surface area contributed by atoms with E-state index in [0.29, 0.717) is 29.4 Å². The van der Waals surface area contributed by atoms with Crippen LogP contribution in [0.2, 0.25) is 5.02 Å². The predicted octanol–water partition coefficient (Wildman–Crippen LogP) is 1.77. The predicted molar refractivity (Wildman–Crippen MR) is 69.1 cm³/mol. The summed E-state index contributed by atoms with van der Waals surface area (Å²) in [6.45, 7) is 2.80. The fourth-order valence-electron chi connectivity index (χ4n) is 1.58. The van der Waals surface area contributed by atoms with Crippen LogP contribution in [0, 0.1) is 0 Å². The van der Waals surface area contributed by atoms with Gasteiger partial charge in [-0.3, -0.25) is 4.79 Å². The van der Waals surface area contributed by atoms with Gasteiger partial charge in [0, 0.05) is 18.8 Å². The number of hydrogen-bond acceptors (Lipinski definition) is 3. The largest absolute Gasteiger partial charge is 0.399 e. The number of hydrogen-bond donors (Lipinski definition) is 2. The number of halogens is 1. The maximum Gasteiger partial charge on any atom is 0.255 e. The topological polar surface area (TPSA) is 66.6 Å². The van der Waals surface area contributed by atoms with Crippen molar-refractivity contribution in [2.75, 3.05) is 25.4 Å². The number of aliphatic hydroxyl groups excluding tert-OH is 1. The Morgan fingerprint density at radius 3 is 2.76 bits per heavy atom. The van der Waals surface area contributed by atoms with E-state index in [-0.39, 0.29) is 12.5 Å². The number of carbonyl (C=O) groups excluding carboxylic acids is 1. The molecule has 0 bridgehead atoms. The molecule has 0 aliphatic carbocycles. The van der Waals surface area contributed by atoms with E-state index in [9.17, 15) is 4.79 Å². The van der Waals surface area contributed by atoms with Crippen LogP contribution >= 0.6 is 11.6 Å². The van der Waals surface area contributed by atoms with Gasteiger partial charge >= 0.3 is 0 Å². The summed E-state index contributed by atoms with van der Waals surface area (Å²) >= 11 is 5.97. The van der Waals surface area contributed by atoms with Crippen LogP contribution < -0.4 is 5.73 Å². The fraction of sp³-hybridized carbons (Fsp3) is 0.417. The number of aliphatic hydroxyl groups is 1. The SMILES string of the molecule is CCCN(CCO)C(=O)c1cc(N)ccc1Cl. The van der Waals surface area contributed by atoms with Crippen LogP contribution in [0.4, 0.5) is 5.69 Å². The minimum absolute atomic E-state index is 0.0638. The van der Waals surface area contributed by atoms with Crippen molar-refractivity contribution in [1.82, 2.24) is 4.90 Å². The second-order valence-electron chi connectivity index (χ2n) is 3.76. The maximum atomic E-state index is 12.2. The third-order valence-electron chi connectivity index (χ3n) is 2.37. The second-order valence-corrected chi connectivity index (χ2v) is 4.16. The number of carbonyl (C=O) groups is 1. The van der Waals surface area contributed by atoms with Gasteiger partial charge in [-0.05, 0) is 24.6 Å². The van der Waals surface area contributed by atoms with Gasteiger partial charge in [0.2, 0.25) is 0 Å². The molecule has 0 fully saturated rings. The molecule has 0 aromatic heterocycles. The van der Waals surface area contributed by atoms with E-state index in [2.05, 4.69) is 0 Å². The van der Waals surface area contributed by atoms with Gasteiger partial charge in [0.1, 0.15) is 0 Å². The average Bonchev–Trinajstić information content (AvgIpc) is 2.31. The molecule has 1 amide bonds. The Kier molecular flexibility index (Phi) is 5.25. The first-order chi connectivity index (χ1) is 8.10. The molecule has 5 heteroatoms. The van der Waals surface area contributed by atoms with Gasteiger partial charge in [-0.2, -0.15) is 0 Å². The Morgan fingerprint density at radius 2 is 2.18 bits per heavy atom. The highest BCUT2D eigenvalue weighted by Gasteiger charge is 2.17. The van der Waals surface area contributed by atoms with Crippen LogP contribution in [0.1, 0.15) is 23.7 Å². The van der Waals surface area contributed by atoms with Crippen LogP contribution in [0.15, 0.2) is 18.2 Å². The number of amides is 1. The molecule has 1 rings (SSSR count). The van der Waals surface area contributed by atoms with Gasteiger partial charge in [0.25, 0.3) is 5.91 Å². The van der Waals surface area contributed by atoms with Crippen molar-refractivity contribution in [3.63, 3.8) is 0 Å². The smallest absolute Gasteiger partial charge is 0.255 e. The van der Waals surface area contributed by atoms with Crippen molar-refractivity contribution < 1.29 is 9.90 Å². The third-order valence-corrected chi connectivity index (χ3v) is 2.70. The fourth-order valence-corrected chi connectivity index (χ4v) is 1.78. The van der Waals surface area contributed by atoms with Gasteiger partial charge in [-0.25, -0.2) is 0 Å². The molecule has 0 unspecified atom stereocenters. The van der Waals surface area contributed by atoms with Crippen LogP contribution in [-0.2, 0) is 0 Å².